The van der Waals surface area contributed by atoms with Gasteiger partial charge in [0.05, 0.1) is 14.2 Å². The largest absolute Gasteiger partial charge is 0.493 e. The van der Waals surface area contributed by atoms with Gasteiger partial charge in [0.15, 0.2) is 11.5 Å². The number of hydrogen-bond acceptors (Lipinski definition) is 3. The lowest BCUT2D eigenvalue weighted by atomic mass is 10.1. The van der Waals surface area contributed by atoms with Crippen LogP contribution in [0.4, 0.5) is 4.39 Å². The summed E-state index contributed by atoms with van der Waals surface area (Å²) in [4.78, 5) is 15.3. The second-order valence-corrected chi connectivity index (χ2v) is 7.85. The minimum atomic E-state index is -0.295. The zero-order chi connectivity index (χ0) is 23.2. The summed E-state index contributed by atoms with van der Waals surface area (Å²) in [5.74, 6) is 0.958. The summed E-state index contributed by atoms with van der Waals surface area (Å²) in [6.45, 7) is 0.887. The van der Waals surface area contributed by atoms with Crippen molar-refractivity contribution < 1.29 is 18.7 Å². The molecule has 0 unspecified atom stereocenters. The average Bonchev–Trinajstić information content (AvgIpc) is 2.86. The lowest BCUT2D eigenvalue weighted by Crippen LogP contribution is -2.32. The molecule has 4 nitrogen and oxygen atoms in total. The third kappa shape index (κ3) is 5.32. The molecule has 1 amide bonds. The Bertz CT molecular complexity index is 1250. The molecule has 0 N–H and O–H groups in total. The van der Waals surface area contributed by atoms with Crippen molar-refractivity contribution in [3.8, 4) is 11.5 Å². The Morgan fingerprint density at radius 1 is 0.788 bits per heavy atom. The predicted octanol–water partition coefficient (Wildman–Crippen LogP) is 5.88. The number of fused-ring (bicyclic) bond motifs is 1. The molecule has 0 heterocycles. The fourth-order valence-corrected chi connectivity index (χ4v) is 3.87. The Kier molecular flexibility index (Phi) is 6.89. The van der Waals surface area contributed by atoms with Gasteiger partial charge in [-0.05, 0) is 64.7 Å². The summed E-state index contributed by atoms with van der Waals surface area (Å²) in [5, 5.41) is 2.11. The molecule has 0 aliphatic rings. The van der Waals surface area contributed by atoms with E-state index in [4.69, 9.17) is 9.47 Å². The maximum absolute atomic E-state index is 13.5. The summed E-state index contributed by atoms with van der Waals surface area (Å²) in [5.41, 5.74) is 2.53. The fraction of sp³-hybridized carbons (Fsp3) is 0.179. The molecule has 168 valence electrons. The van der Waals surface area contributed by atoms with Gasteiger partial charge in [0, 0.05) is 18.7 Å². The van der Waals surface area contributed by atoms with E-state index in [0.717, 1.165) is 21.9 Å². The molecule has 4 rings (SSSR count). The van der Waals surface area contributed by atoms with Crippen LogP contribution in [0.2, 0.25) is 0 Å². The number of ether oxygens (including phenoxy) is 2. The highest BCUT2D eigenvalue weighted by molar-refractivity contribution is 5.98. The second kappa shape index (κ2) is 10.2. The van der Waals surface area contributed by atoms with Crippen molar-refractivity contribution in [2.24, 2.45) is 0 Å². The van der Waals surface area contributed by atoms with Crippen molar-refractivity contribution in [1.82, 2.24) is 4.90 Å². The number of hydrogen-bond donors (Lipinski definition) is 0. The van der Waals surface area contributed by atoms with Crippen LogP contribution in [-0.2, 0) is 13.0 Å². The van der Waals surface area contributed by atoms with E-state index in [1.54, 1.807) is 31.3 Å². The highest BCUT2D eigenvalue weighted by Gasteiger charge is 2.17. The Labute approximate surface area is 193 Å². The first-order valence-electron chi connectivity index (χ1n) is 10.8. The first-order chi connectivity index (χ1) is 16.1. The summed E-state index contributed by atoms with van der Waals surface area (Å²) >= 11 is 0. The van der Waals surface area contributed by atoms with Crippen LogP contribution in [-0.4, -0.2) is 31.6 Å². The van der Waals surface area contributed by atoms with Gasteiger partial charge in [-0.1, -0.05) is 48.5 Å². The van der Waals surface area contributed by atoms with Crippen LogP contribution in [0.5, 0.6) is 11.5 Å². The monoisotopic (exact) mass is 443 g/mol. The zero-order valence-electron chi connectivity index (χ0n) is 18.8. The lowest BCUT2D eigenvalue weighted by molar-refractivity contribution is 0.0745. The zero-order valence-corrected chi connectivity index (χ0v) is 18.8. The SMILES string of the molecule is COc1ccc(CCN(Cc2ccc(F)cc2)C(=O)c2ccc3ccccc3c2)cc1OC. The molecule has 0 spiro atoms. The molecule has 5 heteroatoms. The van der Waals surface area contributed by atoms with Gasteiger partial charge >= 0.3 is 0 Å². The van der Waals surface area contributed by atoms with Gasteiger partial charge in [0.2, 0.25) is 0 Å². The summed E-state index contributed by atoms with van der Waals surface area (Å²) < 4.78 is 24.1. The van der Waals surface area contributed by atoms with Gasteiger partial charge in [0.1, 0.15) is 5.82 Å². The Morgan fingerprint density at radius 3 is 2.21 bits per heavy atom. The first-order valence-corrected chi connectivity index (χ1v) is 10.8. The van der Waals surface area contributed by atoms with Crippen molar-refractivity contribution in [3.63, 3.8) is 0 Å². The van der Waals surface area contributed by atoms with Gasteiger partial charge in [-0.3, -0.25) is 4.79 Å². The molecule has 0 fully saturated rings. The smallest absolute Gasteiger partial charge is 0.254 e. The molecule has 4 aromatic carbocycles. The summed E-state index contributed by atoms with van der Waals surface area (Å²) in [6.07, 6.45) is 0.640. The number of benzene rings is 4. The van der Waals surface area contributed by atoms with Crippen LogP contribution < -0.4 is 9.47 Å². The van der Waals surface area contributed by atoms with E-state index in [1.165, 1.54) is 12.1 Å². The normalized spacial score (nSPS) is 10.8. The van der Waals surface area contributed by atoms with Gasteiger partial charge in [-0.15, -0.1) is 0 Å². The van der Waals surface area contributed by atoms with Gasteiger partial charge in [-0.2, -0.15) is 0 Å². The number of methoxy groups -OCH3 is 2. The number of rotatable bonds is 8. The first kappa shape index (κ1) is 22.3. The van der Waals surface area contributed by atoms with Crippen LogP contribution in [0.3, 0.4) is 0 Å². The molecule has 33 heavy (non-hydrogen) atoms. The van der Waals surface area contributed by atoms with Crippen molar-refractivity contribution in [2.45, 2.75) is 13.0 Å². The number of nitrogens with zero attached hydrogens (tertiary/aromatic N) is 1. The molecule has 0 aromatic heterocycles. The van der Waals surface area contributed by atoms with Gasteiger partial charge < -0.3 is 14.4 Å². The van der Waals surface area contributed by atoms with E-state index >= 15 is 0 Å². The molecule has 0 atom stereocenters. The Balaban J connectivity index is 1.59. The number of carbonyl (C=O) groups excluding carboxylic acids is 1. The predicted molar refractivity (Wildman–Crippen MR) is 128 cm³/mol. The van der Waals surface area contributed by atoms with Crippen molar-refractivity contribution >= 4 is 16.7 Å². The maximum Gasteiger partial charge on any atom is 0.254 e. The van der Waals surface area contributed by atoms with E-state index in [0.29, 0.717) is 36.6 Å². The molecular formula is C28H26FNO3. The minimum Gasteiger partial charge on any atom is -0.493 e. The fourth-order valence-electron chi connectivity index (χ4n) is 3.87. The van der Waals surface area contributed by atoms with E-state index in [2.05, 4.69) is 0 Å². The van der Waals surface area contributed by atoms with Gasteiger partial charge in [-0.25, -0.2) is 4.39 Å². The summed E-state index contributed by atoms with van der Waals surface area (Å²) in [6, 6.07) is 25.7. The third-order valence-electron chi connectivity index (χ3n) is 5.69. The molecule has 0 bridgehead atoms. The molecule has 0 radical (unpaired) electrons. The topological polar surface area (TPSA) is 38.8 Å². The van der Waals surface area contributed by atoms with Crippen LogP contribution in [0.25, 0.3) is 10.8 Å². The van der Waals surface area contributed by atoms with Crippen molar-refractivity contribution in [1.29, 1.82) is 0 Å². The third-order valence-corrected chi connectivity index (χ3v) is 5.69. The highest BCUT2D eigenvalue weighted by atomic mass is 19.1. The van der Waals surface area contributed by atoms with Crippen LogP contribution in [0.15, 0.2) is 84.9 Å². The van der Waals surface area contributed by atoms with E-state index in [-0.39, 0.29) is 11.7 Å². The molecule has 4 aromatic rings. The summed E-state index contributed by atoms with van der Waals surface area (Å²) in [7, 11) is 3.20. The van der Waals surface area contributed by atoms with E-state index in [1.807, 2.05) is 60.7 Å². The van der Waals surface area contributed by atoms with Crippen LogP contribution in [0.1, 0.15) is 21.5 Å². The molecule has 0 aliphatic carbocycles. The lowest BCUT2D eigenvalue weighted by Gasteiger charge is -2.23. The Morgan fingerprint density at radius 2 is 1.48 bits per heavy atom. The highest BCUT2D eigenvalue weighted by Crippen LogP contribution is 2.28. The average molecular weight is 444 g/mol. The van der Waals surface area contributed by atoms with Crippen molar-refractivity contribution in [3.05, 3.63) is 107 Å². The Hall–Kier alpha value is -3.86. The number of amides is 1. The van der Waals surface area contributed by atoms with E-state index < -0.39 is 0 Å². The quantitative estimate of drug-likeness (QED) is 0.341. The molecule has 0 saturated carbocycles. The minimum absolute atomic E-state index is 0.0643. The molecular weight excluding hydrogens is 417 g/mol. The number of carbonyl (C=O) groups is 1. The van der Waals surface area contributed by atoms with E-state index in [9.17, 15) is 9.18 Å². The number of halogens is 1. The molecule has 0 aliphatic heterocycles. The second-order valence-electron chi connectivity index (χ2n) is 7.85. The standard InChI is InChI=1S/C28H26FNO3/c1-32-26-14-9-20(17-27(26)33-2)15-16-30(19-21-7-12-25(29)13-8-21)28(31)24-11-10-22-5-3-4-6-23(22)18-24/h3-14,17-18H,15-16,19H2,1-2H3. The van der Waals surface area contributed by atoms with Crippen molar-refractivity contribution in [2.75, 3.05) is 20.8 Å². The van der Waals surface area contributed by atoms with Gasteiger partial charge in [0.25, 0.3) is 5.91 Å². The maximum atomic E-state index is 13.5. The van der Waals surface area contributed by atoms with Crippen LogP contribution >= 0.6 is 0 Å². The van der Waals surface area contributed by atoms with Crippen LogP contribution in [0, 0.1) is 5.82 Å². The molecule has 0 saturated heterocycles.